The van der Waals surface area contributed by atoms with Crippen molar-refractivity contribution >= 4 is 11.6 Å². The van der Waals surface area contributed by atoms with E-state index in [1.54, 1.807) is 16.7 Å². The molecular weight excluding hydrogens is 236 g/mol. The summed E-state index contributed by atoms with van der Waals surface area (Å²) in [6.45, 7) is 3.92. The average Bonchev–Trinajstić information content (AvgIpc) is 2.38. The minimum atomic E-state index is 0.0819. The number of aromatic nitrogens is 1. The number of piperidine rings is 1. The quantitative estimate of drug-likeness (QED) is 0.766. The average molecular weight is 255 g/mol. The zero-order valence-electron chi connectivity index (χ0n) is 10.0. The van der Waals surface area contributed by atoms with Crippen molar-refractivity contribution in [2.45, 2.75) is 19.4 Å². The Morgan fingerprint density at radius 2 is 2.24 bits per heavy atom. The van der Waals surface area contributed by atoms with Crippen molar-refractivity contribution in [3.05, 3.63) is 34.7 Å². The molecule has 1 aliphatic heterocycles. The van der Waals surface area contributed by atoms with E-state index in [1.165, 1.54) is 12.8 Å². The lowest BCUT2D eigenvalue weighted by Gasteiger charge is -2.31. The van der Waals surface area contributed by atoms with E-state index in [4.69, 9.17) is 11.6 Å². The predicted molar refractivity (Wildman–Crippen MR) is 70.6 cm³/mol. The van der Waals surface area contributed by atoms with Crippen molar-refractivity contribution in [2.75, 3.05) is 25.5 Å². The van der Waals surface area contributed by atoms with Gasteiger partial charge in [0.2, 0.25) is 0 Å². The van der Waals surface area contributed by atoms with Crippen LogP contribution in [0.4, 0.5) is 0 Å². The first-order valence-electron chi connectivity index (χ1n) is 6.23. The fourth-order valence-electron chi connectivity index (χ4n) is 2.37. The molecule has 0 N–H and O–H groups in total. The molecule has 0 spiro atoms. The SMILES string of the molecule is O=c1ccccn1CCN1CCCC(CCl)C1. The number of hydrogen-bond donors (Lipinski definition) is 0. The van der Waals surface area contributed by atoms with Crippen molar-refractivity contribution in [1.82, 2.24) is 9.47 Å². The van der Waals surface area contributed by atoms with Crippen LogP contribution in [-0.2, 0) is 6.54 Å². The minimum Gasteiger partial charge on any atom is -0.314 e. The summed E-state index contributed by atoms with van der Waals surface area (Å²) in [6.07, 6.45) is 4.32. The highest BCUT2D eigenvalue weighted by molar-refractivity contribution is 6.18. The summed E-state index contributed by atoms with van der Waals surface area (Å²) < 4.78 is 1.77. The van der Waals surface area contributed by atoms with Crippen LogP contribution in [-0.4, -0.2) is 35.0 Å². The summed E-state index contributed by atoms with van der Waals surface area (Å²) >= 11 is 5.91. The fraction of sp³-hybridized carbons (Fsp3) is 0.615. The molecule has 3 nitrogen and oxygen atoms in total. The largest absolute Gasteiger partial charge is 0.314 e. The highest BCUT2D eigenvalue weighted by atomic mass is 35.5. The van der Waals surface area contributed by atoms with Crippen LogP contribution in [0.2, 0.25) is 0 Å². The van der Waals surface area contributed by atoms with Gasteiger partial charge < -0.3 is 9.47 Å². The summed E-state index contributed by atoms with van der Waals surface area (Å²) in [5.41, 5.74) is 0.0819. The lowest BCUT2D eigenvalue weighted by atomic mass is 10.0. The number of pyridine rings is 1. The maximum Gasteiger partial charge on any atom is 0.250 e. The molecule has 1 aromatic heterocycles. The van der Waals surface area contributed by atoms with E-state index in [-0.39, 0.29) is 5.56 Å². The Hall–Kier alpha value is -0.800. The third kappa shape index (κ3) is 3.58. The molecule has 1 aliphatic rings. The highest BCUT2D eigenvalue weighted by Crippen LogP contribution is 2.17. The van der Waals surface area contributed by atoms with E-state index < -0.39 is 0 Å². The molecule has 0 aliphatic carbocycles. The third-order valence-corrected chi connectivity index (χ3v) is 3.81. The Morgan fingerprint density at radius 1 is 1.35 bits per heavy atom. The van der Waals surface area contributed by atoms with Gasteiger partial charge in [-0.05, 0) is 31.4 Å². The standard InChI is InChI=1S/C13H19ClN2O/c14-10-12-4-3-6-15(11-12)8-9-16-7-2-1-5-13(16)17/h1-2,5,7,12H,3-4,6,8-11H2. The van der Waals surface area contributed by atoms with Crippen LogP contribution >= 0.6 is 11.6 Å². The Morgan fingerprint density at radius 3 is 3.00 bits per heavy atom. The number of rotatable bonds is 4. The molecule has 0 aromatic carbocycles. The smallest absolute Gasteiger partial charge is 0.250 e. The van der Waals surface area contributed by atoms with Gasteiger partial charge in [-0.1, -0.05) is 6.07 Å². The third-order valence-electron chi connectivity index (χ3n) is 3.38. The van der Waals surface area contributed by atoms with Crippen LogP contribution < -0.4 is 5.56 Å². The molecule has 0 saturated carbocycles. The molecule has 1 fully saturated rings. The van der Waals surface area contributed by atoms with E-state index >= 15 is 0 Å². The predicted octanol–water partition coefficient (Wildman–Crippen LogP) is 1.80. The second kappa shape index (κ2) is 6.22. The monoisotopic (exact) mass is 254 g/mol. The molecule has 17 heavy (non-hydrogen) atoms. The first-order chi connectivity index (χ1) is 8.29. The van der Waals surface area contributed by atoms with Gasteiger partial charge in [0.25, 0.3) is 5.56 Å². The molecular formula is C13H19ClN2O. The molecule has 4 heteroatoms. The van der Waals surface area contributed by atoms with Gasteiger partial charge in [0.1, 0.15) is 0 Å². The molecule has 1 atom stereocenters. The number of nitrogens with zero attached hydrogens (tertiary/aromatic N) is 2. The van der Waals surface area contributed by atoms with E-state index in [9.17, 15) is 4.79 Å². The van der Waals surface area contributed by atoms with Gasteiger partial charge in [0.15, 0.2) is 0 Å². The van der Waals surface area contributed by atoms with Crippen molar-refractivity contribution < 1.29 is 0 Å². The van der Waals surface area contributed by atoms with Gasteiger partial charge in [-0.15, -0.1) is 11.6 Å². The summed E-state index contributed by atoms with van der Waals surface area (Å²) in [4.78, 5) is 13.9. The highest BCUT2D eigenvalue weighted by Gasteiger charge is 2.18. The number of halogens is 1. The number of hydrogen-bond acceptors (Lipinski definition) is 2. The van der Waals surface area contributed by atoms with Gasteiger partial charge >= 0.3 is 0 Å². The molecule has 0 bridgehead atoms. The Kier molecular flexibility index (Phi) is 4.63. The van der Waals surface area contributed by atoms with Crippen molar-refractivity contribution in [2.24, 2.45) is 5.92 Å². The molecule has 2 rings (SSSR count). The first kappa shape index (κ1) is 12.7. The number of likely N-dealkylation sites (tertiary alicyclic amines) is 1. The molecule has 1 aromatic rings. The maximum atomic E-state index is 11.5. The van der Waals surface area contributed by atoms with Gasteiger partial charge in [-0.3, -0.25) is 4.79 Å². The van der Waals surface area contributed by atoms with Crippen LogP contribution in [0.15, 0.2) is 29.2 Å². The van der Waals surface area contributed by atoms with E-state index in [0.717, 1.165) is 32.1 Å². The second-order valence-electron chi connectivity index (χ2n) is 4.70. The topological polar surface area (TPSA) is 25.2 Å². The van der Waals surface area contributed by atoms with Gasteiger partial charge in [-0.25, -0.2) is 0 Å². The van der Waals surface area contributed by atoms with Crippen LogP contribution in [0.3, 0.4) is 0 Å². The summed E-state index contributed by atoms with van der Waals surface area (Å²) in [5.74, 6) is 1.37. The van der Waals surface area contributed by atoms with Crippen LogP contribution in [0, 0.1) is 5.92 Å². The van der Waals surface area contributed by atoms with Crippen LogP contribution in [0.25, 0.3) is 0 Å². The van der Waals surface area contributed by atoms with Crippen molar-refractivity contribution in [1.29, 1.82) is 0 Å². The van der Waals surface area contributed by atoms with Gasteiger partial charge in [0, 0.05) is 37.8 Å². The Bertz CT molecular complexity index is 404. The van der Waals surface area contributed by atoms with Crippen molar-refractivity contribution in [3.8, 4) is 0 Å². The van der Waals surface area contributed by atoms with E-state index in [1.807, 2.05) is 12.3 Å². The Labute approximate surface area is 107 Å². The molecule has 2 heterocycles. The Balaban J connectivity index is 1.86. The van der Waals surface area contributed by atoms with E-state index in [0.29, 0.717) is 5.92 Å². The van der Waals surface area contributed by atoms with Crippen LogP contribution in [0.5, 0.6) is 0 Å². The molecule has 0 amide bonds. The summed E-state index contributed by atoms with van der Waals surface area (Å²) in [6, 6.07) is 5.29. The molecule has 94 valence electrons. The van der Waals surface area contributed by atoms with Crippen LogP contribution in [0.1, 0.15) is 12.8 Å². The van der Waals surface area contributed by atoms with Crippen molar-refractivity contribution in [3.63, 3.8) is 0 Å². The fourth-order valence-corrected chi connectivity index (χ4v) is 2.63. The summed E-state index contributed by atoms with van der Waals surface area (Å²) in [5, 5.41) is 0. The van der Waals surface area contributed by atoms with Gasteiger partial charge in [-0.2, -0.15) is 0 Å². The zero-order chi connectivity index (χ0) is 12.1. The maximum absolute atomic E-state index is 11.5. The normalized spacial score (nSPS) is 21.6. The zero-order valence-corrected chi connectivity index (χ0v) is 10.8. The van der Waals surface area contributed by atoms with E-state index in [2.05, 4.69) is 4.90 Å². The first-order valence-corrected chi connectivity index (χ1v) is 6.77. The number of alkyl halides is 1. The molecule has 1 unspecified atom stereocenters. The molecule has 0 radical (unpaired) electrons. The minimum absolute atomic E-state index is 0.0819. The summed E-state index contributed by atoms with van der Waals surface area (Å²) in [7, 11) is 0. The lowest BCUT2D eigenvalue weighted by Crippen LogP contribution is -2.38. The van der Waals surface area contributed by atoms with Gasteiger partial charge in [0.05, 0.1) is 0 Å². The molecule has 1 saturated heterocycles. The lowest BCUT2D eigenvalue weighted by molar-refractivity contribution is 0.179. The second-order valence-corrected chi connectivity index (χ2v) is 5.00.